The monoisotopic (exact) mass is 412 g/mol. The predicted octanol–water partition coefficient (Wildman–Crippen LogP) is 3.15. The second kappa shape index (κ2) is 10.1. The summed E-state index contributed by atoms with van der Waals surface area (Å²) in [4.78, 5) is 40.6. The van der Waals surface area contributed by atoms with E-state index in [1.807, 2.05) is 45.0 Å². The van der Waals surface area contributed by atoms with Gasteiger partial charge in [-0.05, 0) is 51.0 Å². The van der Waals surface area contributed by atoms with E-state index in [1.54, 1.807) is 31.2 Å². The number of nitrogens with one attached hydrogen (secondary N) is 2. The Balaban J connectivity index is 2.15. The number of aldehydes is 1. The molecule has 2 atom stereocenters. The maximum absolute atomic E-state index is 12.7. The topological polar surface area (TPSA) is 93.7 Å². The summed E-state index contributed by atoms with van der Waals surface area (Å²) in [7, 11) is 1.33. The lowest BCUT2D eigenvalue weighted by Gasteiger charge is -2.30. The van der Waals surface area contributed by atoms with Crippen molar-refractivity contribution in [2.24, 2.45) is 0 Å². The molecule has 30 heavy (non-hydrogen) atoms. The number of amides is 2. The average molecular weight is 412 g/mol. The Morgan fingerprint density at radius 3 is 1.97 bits per heavy atom. The van der Waals surface area contributed by atoms with Gasteiger partial charge in [-0.2, -0.15) is 0 Å². The Hall–Kier alpha value is -3.03. The minimum absolute atomic E-state index is 0.404. The van der Waals surface area contributed by atoms with Gasteiger partial charge in [-0.15, -0.1) is 0 Å². The van der Waals surface area contributed by atoms with Gasteiger partial charge in [0.25, 0.3) is 11.8 Å². The lowest BCUT2D eigenvalue weighted by molar-refractivity contribution is -0.140. The Kier molecular flexibility index (Phi) is 7.86. The zero-order valence-corrected chi connectivity index (χ0v) is 17.9. The molecular formula is C23H28N2O5. The molecule has 7 nitrogen and oxygen atoms in total. The molecule has 2 rings (SSSR count). The number of hydrogen-bond donors (Lipinski definition) is 2. The Morgan fingerprint density at radius 2 is 1.50 bits per heavy atom. The van der Waals surface area contributed by atoms with Gasteiger partial charge in [-0.3, -0.25) is 19.2 Å². The van der Waals surface area contributed by atoms with Gasteiger partial charge in [0.15, 0.2) is 0 Å². The zero-order chi connectivity index (χ0) is 22.3. The first kappa shape index (κ1) is 23.3. The van der Waals surface area contributed by atoms with Crippen LogP contribution in [0.1, 0.15) is 48.4 Å². The molecule has 0 aliphatic carbocycles. The van der Waals surface area contributed by atoms with E-state index in [4.69, 9.17) is 9.57 Å². The molecule has 0 radical (unpaired) electrons. The average Bonchev–Trinajstić information content (AvgIpc) is 2.70. The fraction of sp³-hybridized carbons (Fsp3) is 0.348. The van der Waals surface area contributed by atoms with Gasteiger partial charge in [-0.25, -0.2) is 5.48 Å². The second-order valence-corrected chi connectivity index (χ2v) is 7.87. The highest BCUT2D eigenvalue weighted by molar-refractivity contribution is 5.98. The number of hydrogen-bond acceptors (Lipinski definition) is 5. The fourth-order valence-electron chi connectivity index (χ4n) is 2.98. The van der Waals surface area contributed by atoms with Crippen molar-refractivity contribution >= 4 is 18.1 Å². The number of ether oxygens (including phenoxy) is 1. The van der Waals surface area contributed by atoms with E-state index in [0.717, 1.165) is 17.4 Å². The molecule has 0 fully saturated rings. The van der Waals surface area contributed by atoms with Gasteiger partial charge < -0.3 is 10.1 Å². The van der Waals surface area contributed by atoms with Crippen molar-refractivity contribution in [2.45, 2.75) is 45.4 Å². The van der Waals surface area contributed by atoms with Gasteiger partial charge in [-0.1, -0.05) is 36.4 Å². The molecule has 0 heterocycles. The largest absolute Gasteiger partial charge is 0.370 e. The summed E-state index contributed by atoms with van der Waals surface area (Å²) in [5.74, 6) is -0.909. The van der Waals surface area contributed by atoms with E-state index < -0.39 is 29.6 Å². The first-order valence-corrected chi connectivity index (χ1v) is 9.62. The molecule has 0 aliphatic rings. The molecule has 2 unspecified atom stereocenters. The highest BCUT2D eigenvalue weighted by Crippen LogP contribution is 2.20. The van der Waals surface area contributed by atoms with E-state index >= 15 is 0 Å². The van der Waals surface area contributed by atoms with Crippen molar-refractivity contribution in [2.75, 3.05) is 7.11 Å². The molecule has 0 saturated heterocycles. The van der Waals surface area contributed by atoms with Gasteiger partial charge in [0.1, 0.15) is 12.3 Å². The van der Waals surface area contributed by atoms with Crippen LogP contribution in [0.15, 0.2) is 48.5 Å². The van der Waals surface area contributed by atoms with E-state index in [1.165, 1.54) is 7.11 Å². The van der Waals surface area contributed by atoms with E-state index in [0.29, 0.717) is 11.1 Å². The molecular weight excluding hydrogens is 384 g/mol. The Morgan fingerprint density at radius 1 is 0.967 bits per heavy atom. The highest BCUT2D eigenvalue weighted by Gasteiger charge is 2.31. The van der Waals surface area contributed by atoms with E-state index in [9.17, 15) is 14.4 Å². The number of rotatable bonds is 8. The van der Waals surface area contributed by atoms with Crippen LogP contribution >= 0.6 is 0 Å². The lowest BCUT2D eigenvalue weighted by atomic mass is 10.0. The molecule has 0 aromatic heterocycles. The Labute approximate surface area is 176 Å². The number of benzene rings is 2. The predicted molar refractivity (Wildman–Crippen MR) is 114 cm³/mol. The third kappa shape index (κ3) is 6.50. The summed E-state index contributed by atoms with van der Waals surface area (Å²) in [6.07, 6.45) is 0.206. The molecule has 2 aromatic rings. The summed E-state index contributed by atoms with van der Waals surface area (Å²) in [5, 5.41) is 2.72. The maximum Gasteiger partial charge on any atom is 0.268 e. The van der Waals surface area contributed by atoms with Crippen LogP contribution < -0.4 is 10.8 Å². The van der Waals surface area contributed by atoms with Crippen molar-refractivity contribution in [3.63, 3.8) is 0 Å². The lowest BCUT2D eigenvalue weighted by Crippen LogP contribution is -2.54. The minimum atomic E-state index is -0.938. The molecule has 2 N–H and O–H groups in total. The highest BCUT2D eigenvalue weighted by atomic mass is 16.6. The van der Waals surface area contributed by atoms with Crippen LogP contribution in [0.2, 0.25) is 0 Å². The molecule has 0 saturated carbocycles. The molecule has 0 aliphatic heterocycles. The van der Waals surface area contributed by atoms with Crippen LogP contribution in [0.4, 0.5) is 0 Å². The van der Waals surface area contributed by atoms with Gasteiger partial charge in [0.05, 0.1) is 18.8 Å². The zero-order valence-electron chi connectivity index (χ0n) is 17.9. The summed E-state index contributed by atoms with van der Waals surface area (Å²) < 4.78 is 5.84. The van der Waals surface area contributed by atoms with Crippen molar-refractivity contribution in [1.82, 2.24) is 10.8 Å². The normalized spacial score (nSPS) is 13.2. The second-order valence-electron chi connectivity index (χ2n) is 7.87. The number of hydroxylamine groups is 1. The van der Waals surface area contributed by atoms with E-state index in [2.05, 4.69) is 10.8 Å². The Bertz CT molecular complexity index is 870. The summed E-state index contributed by atoms with van der Waals surface area (Å²) >= 11 is 0. The van der Waals surface area contributed by atoms with Crippen molar-refractivity contribution < 1.29 is 24.0 Å². The van der Waals surface area contributed by atoms with Gasteiger partial charge in [0.2, 0.25) is 0 Å². The smallest absolute Gasteiger partial charge is 0.268 e. The molecule has 2 aromatic carbocycles. The quantitative estimate of drug-likeness (QED) is 0.513. The summed E-state index contributed by atoms with van der Waals surface area (Å²) in [6, 6.07) is 13.2. The van der Waals surface area contributed by atoms with Gasteiger partial charge >= 0.3 is 0 Å². The van der Waals surface area contributed by atoms with Crippen molar-refractivity contribution in [3.8, 4) is 11.1 Å². The number of carbonyl (C=O) groups excluding carboxylic acids is 3. The third-order valence-corrected chi connectivity index (χ3v) is 4.31. The first-order valence-electron chi connectivity index (χ1n) is 9.62. The number of carbonyl (C=O) groups is 3. The molecule has 2 amide bonds. The van der Waals surface area contributed by atoms with Gasteiger partial charge in [0, 0.05) is 11.1 Å². The van der Waals surface area contributed by atoms with Crippen LogP contribution in [-0.4, -0.2) is 43.0 Å². The van der Waals surface area contributed by atoms with Crippen LogP contribution in [0.3, 0.4) is 0 Å². The standard InChI is InChI=1S/C23H28N2O5/c1-15(30-23(2,3)4)20(22(28)25-29-5)24-21(27)19-12-10-18(11-13-19)17-8-6-16(14-26)7-9-17/h6-15,20H,1-5H3,(H,24,27)(H,25,28). The van der Waals surface area contributed by atoms with Crippen LogP contribution in [0.5, 0.6) is 0 Å². The molecule has 160 valence electrons. The van der Waals surface area contributed by atoms with Crippen LogP contribution in [-0.2, 0) is 14.4 Å². The van der Waals surface area contributed by atoms with Crippen molar-refractivity contribution in [1.29, 1.82) is 0 Å². The fourth-order valence-corrected chi connectivity index (χ4v) is 2.98. The molecule has 7 heteroatoms. The SMILES string of the molecule is CONC(=O)C(NC(=O)c1ccc(-c2ccc(C=O)cc2)cc1)C(C)OC(C)(C)C. The molecule has 0 bridgehead atoms. The van der Waals surface area contributed by atoms with Crippen molar-refractivity contribution in [3.05, 3.63) is 59.7 Å². The van der Waals surface area contributed by atoms with Crippen LogP contribution in [0.25, 0.3) is 11.1 Å². The third-order valence-electron chi connectivity index (χ3n) is 4.31. The van der Waals surface area contributed by atoms with Crippen LogP contribution in [0, 0.1) is 0 Å². The maximum atomic E-state index is 12.7. The van der Waals surface area contributed by atoms with E-state index in [-0.39, 0.29) is 0 Å². The molecule has 0 spiro atoms. The minimum Gasteiger partial charge on any atom is -0.370 e. The summed E-state index contributed by atoms with van der Waals surface area (Å²) in [5.41, 5.74) is 4.60. The summed E-state index contributed by atoms with van der Waals surface area (Å²) in [6.45, 7) is 7.34. The first-order chi connectivity index (χ1) is 14.1.